The zero-order valence-electron chi connectivity index (χ0n) is 6.61. The highest BCUT2D eigenvalue weighted by atomic mass is 16.6. The molecule has 2 rings (SSSR count). The molecule has 59 valence electrons. The summed E-state index contributed by atoms with van der Waals surface area (Å²) in [5.41, 5.74) is 2.84. The largest absolute Gasteiger partial charge is 0.243 e. The fourth-order valence-corrected chi connectivity index (χ4v) is 0.974. The zero-order valence-corrected chi connectivity index (χ0v) is 6.61. The van der Waals surface area contributed by atoms with Crippen LogP contribution in [0.1, 0.15) is 5.56 Å². The van der Waals surface area contributed by atoms with Gasteiger partial charge in [0.1, 0.15) is 5.69 Å². The van der Waals surface area contributed by atoms with Crippen molar-refractivity contribution < 1.29 is 4.63 Å². The van der Waals surface area contributed by atoms with E-state index in [9.17, 15) is 0 Å². The molecule has 1 aromatic heterocycles. The van der Waals surface area contributed by atoms with Gasteiger partial charge < -0.3 is 0 Å². The van der Waals surface area contributed by atoms with Gasteiger partial charge in [0.15, 0.2) is 6.20 Å². The molecule has 0 aliphatic carbocycles. The summed E-state index contributed by atoms with van der Waals surface area (Å²) in [5, 5.41) is 7.08. The van der Waals surface area contributed by atoms with Crippen LogP contribution in [0.25, 0.3) is 11.3 Å². The lowest BCUT2D eigenvalue weighted by atomic mass is 10.1. The van der Waals surface area contributed by atoms with Crippen LogP contribution in [0.2, 0.25) is 0 Å². The molecule has 12 heavy (non-hydrogen) atoms. The van der Waals surface area contributed by atoms with Gasteiger partial charge in [-0.2, -0.15) is 0 Å². The molecule has 0 bridgehead atoms. The van der Waals surface area contributed by atoms with E-state index in [-0.39, 0.29) is 0 Å². The fourth-order valence-electron chi connectivity index (χ4n) is 0.974. The number of aromatic nitrogens is 2. The first-order valence-corrected chi connectivity index (χ1v) is 3.63. The molecule has 0 aliphatic heterocycles. The van der Waals surface area contributed by atoms with Crippen LogP contribution in [0.5, 0.6) is 0 Å². The minimum Gasteiger partial charge on any atom is -0.243 e. The lowest BCUT2D eigenvalue weighted by Gasteiger charge is -1.93. The summed E-state index contributed by atoms with van der Waals surface area (Å²) >= 11 is 0. The Hall–Kier alpha value is -1.64. The van der Waals surface area contributed by atoms with E-state index < -0.39 is 0 Å². The maximum Gasteiger partial charge on any atom is 0.167 e. The Balaban J connectivity index is 2.43. The Bertz CT molecular complexity index is 351. The Morgan fingerprint density at radius 2 is 2.00 bits per heavy atom. The standard InChI is InChI=1S/C9H7N2O/c1-7-2-4-8(5-3-7)9-6-10-12-11-9/h2-5H,1H3. The molecule has 0 amide bonds. The molecule has 0 unspecified atom stereocenters. The molecular weight excluding hydrogens is 152 g/mol. The SMILES string of the molecule is Cc1ccc(-c2[c]non2)cc1. The van der Waals surface area contributed by atoms with Crippen molar-refractivity contribution in [1.29, 1.82) is 0 Å². The molecule has 3 nitrogen and oxygen atoms in total. The summed E-state index contributed by atoms with van der Waals surface area (Å²) in [6.45, 7) is 2.04. The first kappa shape index (κ1) is 7.03. The number of hydrogen-bond donors (Lipinski definition) is 0. The molecule has 1 aromatic carbocycles. The molecule has 3 heteroatoms. The van der Waals surface area contributed by atoms with E-state index in [0.717, 1.165) is 5.56 Å². The van der Waals surface area contributed by atoms with Gasteiger partial charge in [-0.3, -0.25) is 0 Å². The lowest BCUT2D eigenvalue weighted by molar-refractivity contribution is 0.307. The van der Waals surface area contributed by atoms with Crippen molar-refractivity contribution in [3.05, 3.63) is 36.0 Å². The third kappa shape index (κ3) is 1.21. The van der Waals surface area contributed by atoms with Gasteiger partial charge in [0, 0.05) is 5.56 Å². The summed E-state index contributed by atoms with van der Waals surface area (Å²) in [6.07, 6.45) is 2.65. The van der Waals surface area contributed by atoms with E-state index in [1.165, 1.54) is 5.56 Å². The van der Waals surface area contributed by atoms with E-state index in [1.54, 1.807) is 0 Å². The van der Waals surface area contributed by atoms with Crippen LogP contribution in [0.3, 0.4) is 0 Å². The van der Waals surface area contributed by atoms with Gasteiger partial charge in [-0.1, -0.05) is 29.8 Å². The molecule has 0 fully saturated rings. The van der Waals surface area contributed by atoms with Crippen LogP contribution in [0.15, 0.2) is 28.9 Å². The summed E-state index contributed by atoms with van der Waals surface area (Å²) in [6, 6.07) is 7.95. The molecule has 0 N–H and O–H groups in total. The Morgan fingerprint density at radius 3 is 2.58 bits per heavy atom. The van der Waals surface area contributed by atoms with Gasteiger partial charge >= 0.3 is 0 Å². The van der Waals surface area contributed by atoms with Crippen molar-refractivity contribution in [3.63, 3.8) is 0 Å². The Labute approximate surface area is 70.0 Å². The smallest absolute Gasteiger partial charge is 0.167 e. The number of hydrogen-bond acceptors (Lipinski definition) is 3. The van der Waals surface area contributed by atoms with E-state index in [2.05, 4.69) is 21.1 Å². The van der Waals surface area contributed by atoms with Gasteiger partial charge in [0.05, 0.1) is 0 Å². The third-order valence-electron chi connectivity index (χ3n) is 1.65. The number of benzene rings is 1. The summed E-state index contributed by atoms with van der Waals surface area (Å²) in [7, 11) is 0. The molecule has 0 saturated carbocycles. The summed E-state index contributed by atoms with van der Waals surface area (Å²) in [4.78, 5) is 0. The van der Waals surface area contributed by atoms with Crippen LogP contribution >= 0.6 is 0 Å². The maximum atomic E-state index is 4.44. The number of rotatable bonds is 1. The second-order valence-corrected chi connectivity index (χ2v) is 2.59. The Morgan fingerprint density at radius 1 is 1.25 bits per heavy atom. The van der Waals surface area contributed by atoms with Crippen LogP contribution in [0.4, 0.5) is 0 Å². The molecule has 0 aliphatic rings. The maximum absolute atomic E-state index is 4.44. The van der Waals surface area contributed by atoms with E-state index in [1.807, 2.05) is 31.2 Å². The molecule has 1 heterocycles. The van der Waals surface area contributed by atoms with Crippen molar-refractivity contribution >= 4 is 0 Å². The monoisotopic (exact) mass is 159 g/mol. The van der Waals surface area contributed by atoms with Crippen LogP contribution in [-0.4, -0.2) is 10.3 Å². The predicted molar refractivity (Wildman–Crippen MR) is 43.3 cm³/mol. The lowest BCUT2D eigenvalue weighted by Crippen LogP contribution is -1.77. The fraction of sp³-hybridized carbons (Fsp3) is 0.111. The first-order chi connectivity index (χ1) is 5.86. The minimum atomic E-state index is 0.648. The van der Waals surface area contributed by atoms with Gasteiger partial charge in [-0.15, -0.1) is 0 Å². The molecule has 0 saturated heterocycles. The van der Waals surface area contributed by atoms with Crippen LogP contribution in [-0.2, 0) is 0 Å². The van der Waals surface area contributed by atoms with Gasteiger partial charge in [0.2, 0.25) is 0 Å². The van der Waals surface area contributed by atoms with Crippen LogP contribution < -0.4 is 0 Å². The van der Waals surface area contributed by atoms with E-state index in [4.69, 9.17) is 0 Å². The Kier molecular flexibility index (Phi) is 1.63. The van der Waals surface area contributed by atoms with Crippen molar-refractivity contribution in [2.45, 2.75) is 6.92 Å². The number of aryl methyl sites for hydroxylation is 1. The zero-order chi connectivity index (χ0) is 8.39. The minimum absolute atomic E-state index is 0.648. The van der Waals surface area contributed by atoms with Crippen LogP contribution in [0, 0.1) is 13.1 Å². The summed E-state index contributed by atoms with van der Waals surface area (Å²) in [5.74, 6) is 0. The van der Waals surface area contributed by atoms with Crippen molar-refractivity contribution in [2.24, 2.45) is 0 Å². The molecule has 1 radical (unpaired) electrons. The normalized spacial score (nSPS) is 10.1. The molecule has 0 atom stereocenters. The molecule has 0 spiro atoms. The van der Waals surface area contributed by atoms with Gasteiger partial charge in [0.25, 0.3) is 0 Å². The second kappa shape index (κ2) is 2.77. The van der Waals surface area contributed by atoms with Gasteiger partial charge in [-0.05, 0) is 17.2 Å². The number of nitrogens with zero attached hydrogens (tertiary/aromatic N) is 2. The predicted octanol–water partition coefficient (Wildman–Crippen LogP) is 1.85. The highest BCUT2D eigenvalue weighted by Crippen LogP contribution is 2.15. The van der Waals surface area contributed by atoms with Crippen molar-refractivity contribution in [1.82, 2.24) is 10.3 Å². The highest BCUT2D eigenvalue weighted by molar-refractivity contribution is 5.56. The van der Waals surface area contributed by atoms with Gasteiger partial charge in [-0.25, -0.2) is 4.63 Å². The average Bonchev–Trinajstić information content (AvgIpc) is 2.58. The molecular formula is C9H7N2O. The first-order valence-electron chi connectivity index (χ1n) is 3.63. The quantitative estimate of drug-likeness (QED) is 0.637. The van der Waals surface area contributed by atoms with E-state index >= 15 is 0 Å². The van der Waals surface area contributed by atoms with E-state index in [0.29, 0.717) is 5.69 Å². The highest BCUT2D eigenvalue weighted by Gasteiger charge is 2.00. The topological polar surface area (TPSA) is 38.9 Å². The average molecular weight is 159 g/mol. The third-order valence-corrected chi connectivity index (χ3v) is 1.65. The van der Waals surface area contributed by atoms with Crippen molar-refractivity contribution in [2.75, 3.05) is 0 Å². The second-order valence-electron chi connectivity index (χ2n) is 2.59. The molecule has 2 aromatic rings. The summed E-state index contributed by atoms with van der Waals surface area (Å²) < 4.78 is 4.44. The van der Waals surface area contributed by atoms with Crippen molar-refractivity contribution in [3.8, 4) is 11.3 Å².